The summed E-state index contributed by atoms with van der Waals surface area (Å²) >= 11 is 6.56. The van der Waals surface area contributed by atoms with E-state index >= 15 is 0 Å². The molecule has 0 spiro atoms. The first kappa shape index (κ1) is 16.2. The molecule has 0 radical (unpaired) electrons. The number of aromatic nitrogens is 1. The number of benzene rings is 1. The van der Waals surface area contributed by atoms with Crippen molar-refractivity contribution >= 4 is 53.4 Å². The highest BCUT2D eigenvalue weighted by Crippen LogP contribution is 2.26. The van der Waals surface area contributed by atoms with Crippen molar-refractivity contribution in [3.05, 3.63) is 45.0 Å². The van der Waals surface area contributed by atoms with Crippen molar-refractivity contribution in [1.82, 2.24) is 4.98 Å². The smallest absolute Gasteiger partial charge is 0.265 e. The van der Waals surface area contributed by atoms with Crippen LogP contribution in [0.1, 0.15) is 5.56 Å². The highest BCUT2D eigenvalue weighted by molar-refractivity contribution is 9.10. The van der Waals surface area contributed by atoms with Gasteiger partial charge in [-0.3, -0.25) is 4.72 Å². The Hall–Kier alpha value is -1.16. The van der Waals surface area contributed by atoms with E-state index in [2.05, 4.69) is 47.0 Å². The van der Waals surface area contributed by atoms with Crippen molar-refractivity contribution in [1.29, 1.82) is 0 Å². The highest BCUT2D eigenvalue weighted by atomic mass is 79.9. The highest BCUT2D eigenvalue weighted by Gasteiger charge is 2.20. The second-order valence-corrected chi connectivity index (χ2v) is 7.63. The van der Waals surface area contributed by atoms with Crippen LogP contribution in [0, 0.1) is 6.92 Å². The monoisotopic (exact) mass is 434 g/mol. The Morgan fingerprint density at radius 2 is 1.95 bits per heavy atom. The fraction of sp³-hybridized carbons (Fsp3) is 0.0833. The predicted octanol–water partition coefficient (Wildman–Crippen LogP) is 3.00. The number of nitrogens with one attached hydrogen (secondary N) is 2. The van der Waals surface area contributed by atoms with Gasteiger partial charge in [-0.2, -0.15) is 0 Å². The Balaban J connectivity index is 2.42. The summed E-state index contributed by atoms with van der Waals surface area (Å²) in [4.78, 5) is 3.88. The molecule has 0 saturated heterocycles. The molecule has 112 valence electrons. The van der Waals surface area contributed by atoms with E-state index in [1.165, 1.54) is 12.3 Å². The van der Waals surface area contributed by atoms with Gasteiger partial charge in [0.05, 0.1) is 0 Å². The molecule has 0 atom stereocenters. The first-order valence-electron chi connectivity index (χ1n) is 5.74. The number of hydrazine groups is 1. The van der Waals surface area contributed by atoms with E-state index in [4.69, 9.17) is 5.84 Å². The van der Waals surface area contributed by atoms with E-state index in [1.807, 2.05) is 13.0 Å². The molecule has 0 fully saturated rings. The van der Waals surface area contributed by atoms with Crippen molar-refractivity contribution in [3.63, 3.8) is 0 Å². The lowest BCUT2D eigenvalue weighted by atomic mass is 10.2. The molecule has 21 heavy (non-hydrogen) atoms. The molecule has 4 N–H and O–H groups in total. The average Bonchev–Trinajstić information content (AvgIpc) is 2.42. The standard InChI is InChI=1S/C12H12Br2N4O2S/c1-7-2-3-9(5-10(7)14)18-21(19,20)11-4-8(13)6-16-12(11)17-15/h2-6,18H,15H2,1H3,(H,16,17). The lowest BCUT2D eigenvalue weighted by Crippen LogP contribution is -2.18. The predicted molar refractivity (Wildman–Crippen MR) is 89.4 cm³/mol. The third-order valence-electron chi connectivity index (χ3n) is 2.67. The molecular weight excluding hydrogens is 424 g/mol. The fourth-order valence-corrected chi connectivity index (χ4v) is 3.66. The quantitative estimate of drug-likeness (QED) is 0.506. The SMILES string of the molecule is Cc1ccc(NS(=O)(=O)c2cc(Br)cnc2NN)cc1Br. The molecule has 1 aromatic heterocycles. The van der Waals surface area contributed by atoms with Gasteiger partial charge in [-0.1, -0.05) is 22.0 Å². The van der Waals surface area contributed by atoms with E-state index < -0.39 is 10.0 Å². The van der Waals surface area contributed by atoms with Crippen molar-refractivity contribution in [2.75, 3.05) is 10.1 Å². The zero-order valence-corrected chi connectivity index (χ0v) is 14.9. The Morgan fingerprint density at radius 1 is 1.24 bits per heavy atom. The molecule has 0 aliphatic heterocycles. The van der Waals surface area contributed by atoms with Gasteiger partial charge in [-0.15, -0.1) is 0 Å². The van der Waals surface area contributed by atoms with Crippen LogP contribution in [-0.4, -0.2) is 13.4 Å². The summed E-state index contributed by atoms with van der Waals surface area (Å²) in [6.45, 7) is 1.91. The van der Waals surface area contributed by atoms with Gasteiger partial charge in [-0.05, 0) is 46.6 Å². The summed E-state index contributed by atoms with van der Waals surface area (Å²) < 4.78 is 28.7. The molecule has 0 amide bonds. The topological polar surface area (TPSA) is 97.1 Å². The van der Waals surface area contributed by atoms with Gasteiger partial charge in [0.15, 0.2) is 5.82 Å². The van der Waals surface area contributed by atoms with E-state index in [0.29, 0.717) is 10.2 Å². The van der Waals surface area contributed by atoms with Gasteiger partial charge in [0.2, 0.25) is 0 Å². The van der Waals surface area contributed by atoms with Crippen LogP contribution < -0.4 is 16.0 Å². The molecule has 6 nitrogen and oxygen atoms in total. The van der Waals surface area contributed by atoms with Crippen molar-refractivity contribution in [2.45, 2.75) is 11.8 Å². The van der Waals surface area contributed by atoms with E-state index in [0.717, 1.165) is 10.0 Å². The van der Waals surface area contributed by atoms with Gasteiger partial charge in [-0.25, -0.2) is 19.2 Å². The number of halogens is 2. The Kier molecular flexibility index (Phi) is 4.87. The molecule has 0 unspecified atom stereocenters. The molecule has 2 aromatic rings. The number of rotatable bonds is 4. The number of sulfonamides is 1. The number of nitrogens with two attached hydrogens (primary N) is 1. The normalized spacial score (nSPS) is 11.2. The second kappa shape index (κ2) is 6.30. The van der Waals surface area contributed by atoms with E-state index in [-0.39, 0.29) is 10.7 Å². The molecule has 1 heterocycles. The number of pyridine rings is 1. The van der Waals surface area contributed by atoms with Gasteiger partial charge in [0.25, 0.3) is 10.0 Å². The first-order chi connectivity index (χ1) is 9.83. The summed E-state index contributed by atoms with van der Waals surface area (Å²) in [7, 11) is -3.81. The van der Waals surface area contributed by atoms with Crippen molar-refractivity contribution in [3.8, 4) is 0 Å². The lowest BCUT2D eigenvalue weighted by molar-refractivity contribution is 0.601. The molecule has 0 saturated carbocycles. The average molecular weight is 436 g/mol. The maximum absolute atomic E-state index is 12.4. The third kappa shape index (κ3) is 3.73. The minimum atomic E-state index is -3.81. The number of anilines is 2. The van der Waals surface area contributed by atoms with Crippen molar-refractivity contribution in [2.24, 2.45) is 5.84 Å². The van der Waals surface area contributed by atoms with Gasteiger partial charge >= 0.3 is 0 Å². The zero-order valence-electron chi connectivity index (χ0n) is 10.9. The molecular formula is C12H12Br2N4O2S. The summed E-state index contributed by atoms with van der Waals surface area (Å²) in [5.74, 6) is 5.37. The summed E-state index contributed by atoms with van der Waals surface area (Å²) in [5, 5.41) is 0. The maximum Gasteiger partial charge on any atom is 0.265 e. The number of hydrogen-bond acceptors (Lipinski definition) is 5. The van der Waals surface area contributed by atoms with Crippen LogP contribution in [0.25, 0.3) is 0 Å². The molecule has 9 heteroatoms. The van der Waals surface area contributed by atoms with Gasteiger partial charge in [0.1, 0.15) is 4.90 Å². The number of hydrogen-bond donors (Lipinski definition) is 3. The largest absolute Gasteiger partial charge is 0.307 e. The van der Waals surface area contributed by atoms with Gasteiger partial charge in [0, 0.05) is 20.8 Å². The van der Waals surface area contributed by atoms with Crippen LogP contribution in [0.5, 0.6) is 0 Å². The summed E-state index contributed by atoms with van der Waals surface area (Å²) in [6.07, 6.45) is 1.46. The number of nitrogen functional groups attached to an aromatic ring is 1. The maximum atomic E-state index is 12.4. The molecule has 2 rings (SSSR count). The van der Waals surface area contributed by atoms with Crippen LogP contribution in [0.15, 0.2) is 44.3 Å². The summed E-state index contributed by atoms with van der Waals surface area (Å²) in [5.41, 5.74) is 3.72. The van der Waals surface area contributed by atoms with Crippen LogP contribution in [0.3, 0.4) is 0 Å². The second-order valence-electron chi connectivity index (χ2n) is 4.21. The minimum absolute atomic E-state index is 0.0453. The molecule has 1 aromatic carbocycles. The third-order valence-corrected chi connectivity index (χ3v) is 5.35. The molecule has 0 aliphatic rings. The van der Waals surface area contributed by atoms with Crippen molar-refractivity contribution < 1.29 is 8.42 Å². The van der Waals surface area contributed by atoms with E-state index in [1.54, 1.807) is 12.1 Å². The first-order valence-corrected chi connectivity index (χ1v) is 8.81. The van der Waals surface area contributed by atoms with Gasteiger partial charge < -0.3 is 5.43 Å². The number of aryl methyl sites for hydroxylation is 1. The molecule has 0 bridgehead atoms. The fourth-order valence-electron chi connectivity index (χ4n) is 1.60. The Bertz CT molecular complexity index is 781. The van der Waals surface area contributed by atoms with Crippen LogP contribution in [-0.2, 0) is 10.0 Å². The van der Waals surface area contributed by atoms with Crippen LogP contribution in [0.4, 0.5) is 11.5 Å². The number of nitrogens with zero attached hydrogens (tertiary/aromatic N) is 1. The summed E-state index contributed by atoms with van der Waals surface area (Å²) in [6, 6.07) is 6.60. The Labute approximate surface area is 139 Å². The molecule has 0 aliphatic carbocycles. The van der Waals surface area contributed by atoms with Crippen LogP contribution >= 0.6 is 31.9 Å². The minimum Gasteiger partial charge on any atom is -0.307 e. The van der Waals surface area contributed by atoms with E-state index in [9.17, 15) is 8.42 Å². The zero-order chi connectivity index (χ0) is 15.6. The van der Waals surface area contributed by atoms with Crippen LogP contribution in [0.2, 0.25) is 0 Å². The Morgan fingerprint density at radius 3 is 2.57 bits per heavy atom. The lowest BCUT2D eigenvalue weighted by Gasteiger charge is -2.12.